The lowest BCUT2D eigenvalue weighted by atomic mass is 9.85. The highest BCUT2D eigenvalue weighted by Gasteiger charge is 2.25. The monoisotopic (exact) mass is 440 g/mol. The number of benzene rings is 1. The predicted octanol–water partition coefficient (Wildman–Crippen LogP) is 3.78. The molecule has 0 atom stereocenters. The van der Waals surface area contributed by atoms with Crippen LogP contribution in [0.15, 0.2) is 36.8 Å². The molecule has 8 heteroatoms. The lowest BCUT2D eigenvalue weighted by Gasteiger charge is -2.27. The Kier molecular flexibility index (Phi) is 10.9. The number of halogens is 2. The number of ether oxygens (including phenoxy) is 1. The molecule has 2 aromatic rings. The molecule has 0 unspecified atom stereocenters. The second kappa shape index (κ2) is 12.6. The minimum atomic E-state index is 0. The summed E-state index contributed by atoms with van der Waals surface area (Å²) in [7, 11) is 1.99. The number of aromatic nitrogens is 2. The third kappa shape index (κ3) is 6.84. The zero-order valence-corrected chi connectivity index (χ0v) is 18.5. The van der Waals surface area contributed by atoms with E-state index in [-0.39, 0.29) is 36.6 Å². The third-order valence-electron chi connectivity index (χ3n) is 5.18. The van der Waals surface area contributed by atoms with E-state index in [1.54, 1.807) is 18.6 Å². The molecule has 1 fully saturated rings. The first kappa shape index (κ1) is 25.1. The standard InChI is InChI=1S/C21H28N4O2.2ClH/c1-3-27-20-9-6-16(19-14-23-10-11-24-19)12-17(20)13-25-21(26)15-4-7-18(22-2)8-5-15;;/h6,9-12,14-15,18,22H,3-5,7-8,13H2,1-2H3,(H,25,26);2*1H. The van der Waals surface area contributed by atoms with E-state index in [1.807, 2.05) is 32.2 Å². The molecule has 1 amide bonds. The van der Waals surface area contributed by atoms with Crippen LogP contribution in [0.25, 0.3) is 11.3 Å². The number of carbonyl (C=O) groups is 1. The lowest BCUT2D eigenvalue weighted by Crippen LogP contribution is -2.37. The Bertz CT molecular complexity index is 754. The van der Waals surface area contributed by atoms with Crippen LogP contribution in [0.3, 0.4) is 0 Å². The minimum Gasteiger partial charge on any atom is -0.494 e. The van der Waals surface area contributed by atoms with Crippen LogP contribution in [0.1, 0.15) is 38.2 Å². The number of nitrogens with zero attached hydrogens (tertiary/aromatic N) is 2. The van der Waals surface area contributed by atoms with Gasteiger partial charge >= 0.3 is 0 Å². The van der Waals surface area contributed by atoms with E-state index in [0.717, 1.165) is 48.3 Å². The van der Waals surface area contributed by atoms with E-state index in [2.05, 4.69) is 20.6 Å². The zero-order chi connectivity index (χ0) is 19.1. The van der Waals surface area contributed by atoms with E-state index < -0.39 is 0 Å². The number of amides is 1. The highest BCUT2D eigenvalue weighted by Crippen LogP contribution is 2.27. The molecule has 0 bridgehead atoms. The SMILES string of the molecule is CCOc1ccc(-c2cnccn2)cc1CNC(=O)C1CCC(NC)CC1.Cl.Cl. The Morgan fingerprint density at radius 1 is 1.17 bits per heavy atom. The summed E-state index contributed by atoms with van der Waals surface area (Å²) in [6.07, 6.45) is 9.06. The van der Waals surface area contributed by atoms with Crippen LogP contribution in [0.2, 0.25) is 0 Å². The number of hydrogen-bond donors (Lipinski definition) is 2. The maximum Gasteiger partial charge on any atom is 0.223 e. The molecule has 2 N–H and O–H groups in total. The van der Waals surface area contributed by atoms with Gasteiger partial charge in [-0.25, -0.2) is 0 Å². The number of carbonyl (C=O) groups excluding carboxylic acids is 1. The molecule has 0 spiro atoms. The number of rotatable bonds is 7. The summed E-state index contributed by atoms with van der Waals surface area (Å²) >= 11 is 0. The van der Waals surface area contributed by atoms with Crippen molar-refractivity contribution in [1.82, 2.24) is 20.6 Å². The first-order valence-corrected chi connectivity index (χ1v) is 9.68. The highest BCUT2D eigenvalue weighted by atomic mass is 35.5. The molecule has 1 aromatic carbocycles. The van der Waals surface area contributed by atoms with Crippen molar-refractivity contribution in [3.63, 3.8) is 0 Å². The Morgan fingerprint density at radius 2 is 1.93 bits per heavy atom. The minimum absolute atomic E-state index is 0. The molecule has 160 valence electrons. The summed E-state index contributed by atoms with van der Waals surface area (Å²) in [5, 5.41) is 6.41. The molecule has 0 radical (unpaired) electrons. The van der Waals surface area contributed by atoms with Crippen molar-refractivity contribution in [2.24, 2.45) is 5.92 Å². The van der Waals surface area contributed by atoms with Gasteiger partial charge in [0.1, 0.15) is 5.75 Å². The molecule has 1 saturated carbocycles. The van der Waals surface area contributed by atoms with Gasteiger partial charge in [-0.15, -0.1) is 24.8 Å². The van der Waals surface area contributed by atoms with Crippen LogP contribution < -0.4 is 15.4 Å². The summed E-state index contributed by atoms with van der Waals surface area (Å²) < 4.78 is 5.74. The van der Waals surface area contributed by atoms with Crippen molar-refractivity contribution < 1.29 is 9.53 Å². The van der Waals surface area contributed by atoms with Crippen LogP contribution in [0.4, 0.5) is 0 Å². The van der Waals surface area contributed by atoms with Crippen LogP contribution in [0, 0.1) is 5.92 Å². The fourth-order valence-corrected chi connectivity index (χ4v) is 3.59. The molecule has 3 rings (SSSR count). The molecule has 0 saturated heterocycles. The quantitative estimate of drug-likeness (QED) is 0.684. The number of nitrogens with one attached hydrogen (secondary N) is 2. The molecule has 1 aliphatic rings. The summed E-state index contributed by atoms with van der Waals surface area (Å²) in [6, 6.07) is 6.47. The first-order valence-electron chi connectivity index (χ1n) is 9.68. The molecular weight excluding hydrogens is 411 g/mol. The average molecular weight is 441 g/mol. The van der Waals surface area contributed by atoms with Gasteiger partial charge in [-0.05, 0) is 57.9 Å². The summed E-state index contributed by atoms with van der Waals surface area (Å²) in [5.41, 5.74) is 2.72. The fourth-order valence-electron chi connectivity index (χ4n) is 3.59. The van der Waals surface area contributed by atoms with Crippen LogP contribution >= 0.6 is 24.8 Å². The summed E-state index contributed by atoms with van der Waals surface area (Å²) in [5.74, 6) is 1.04. The third-order valence-corrected chi connectivity index (χ3v) is 5.18. The molecule has 1 aliphatic carbocycles. The second-order valence-corrected chi connectivity index (χ2v) is 6.90. The van der Waals surface area contributed by atoms with Gasteiger partial charge in [0.05, 0.1) is 18.5 Å². The maximum atomic E-state index is 12.6. The molecular formula is C21H30Cl2N4O2. The van der Waals surface area contributed by atoms with Gasteiger partial charge in [0.2, 0.25) is 5.91 Å². The largest absolute Gasteiger partial charge is 0.494 e. The maximum absolute atomic E-state index is 12.6. The molecule has 29 heavy (non-hydrogen) atoms. The van der Waals surface area contributed by atoms with E-state index in [9.17, 15) is 4.79 Å². The van der Waals surface area contributed by atoms with E-state index >= 15 is 0 Å². The summed E-state index contributed by atoms with van der Waals surface area (Å²) in [6.45, 7) is 2.99. The van der Waals surface area contributed by atoms with Crippen LogP contribution in [-0.4, -0.2) is 35.6 Å². The van der Waals surface area contributed by atoms with Crippen molar-refractivity contribution in [2.75, 3.05) is 13.7 Å². The van der Waals surface area contributed by atoms with Gasteiger partial charge < -0.3 is 15.4 Å². The molecule has 1 aromatic heterocycles. The van der Waals surface area contributed by atoms with Crippen molar-refractivity contribution in [3.8, 4) is 17.0 Å². The van der Waals surface area contributed by atoms with E-state index in [1.165, 1.54) is 0 Å². The van der Waals surface area contributed by atoms with Crippen molar-refractivity contribution >= 4 is 30.7 Å². The predicted molar refractivity (Wildman–Crippen MR) is 120 cm³/mol. The van der Waals surface area contributed by atoms with Gasteiger partial charge in [-0.1, -0.05) is 0 Å². The van der Waals surface area contributed by atoms with Gasteiger partial charge in [-0.3, -0.25) is 14.8 Å². The van der Waals surface area contributed by atoms with Crippen LogP contribution in [-0.2, 0) is 11.3 Å². The Labute approximate surface area is 185 Å². The lowest BCUT2D eigenvalue weighted by molar-refractivity contribution is -0.126. The van der Waals surface area contributed by atoms with Crippen LogP contribution in [0.5, 0.6) is 5.75 Å². The smallest absolute Gasteiger partial charge is 0.223 e. The molecule has 1 heterocycles. The van der Waals surface area contributed by atoms with Crippen molar-refractivity contribution in [2.45, 2.75) is 45.2 Å². The fraction of sp³-hybridized carbons (Fsp3) is 0.476. The highest BCUT2D eigenvalue weighted by molar-refractivity contribution is 5.85. The normalized spacial score (nSPS) is 18.1. The van der Waals surface area contributed by atoms with Gasteiger partial charge in [-0.2, -0.15) is 0 Å². The van der Waals surface area contributed by atoms with E-state index in [4.69, 9.17) is 4.74 Å². The second-order valence-electron chi connectivity index (χ2n) is 6.90. The topological polar surface area (TPSA) is 76.1 Å². The summed E-state index contributed by atoms with van der Waals surface area (Å²) in [4.78, 5) is 21.1. The van der Waals surface area contributed by atoms with Gasteiger partial charge in [0.15, 0.2) is 0 Å². The average Bonchev–Trinajstić information content (AvgIpc) is 2.73. The first-order chi connectivity index (χ1) is 13.2. The van der Waals surface area contributed by atoms with E-state index in [0.29, 0.717) is 19.2 Å². The van der Waals surface area contributed by atoms with Crippen molar-refractivity contribution in [3.05, 3.63) is 42.4 Å². The zero-order valence-electron chi connectivity index (χ0n) is 16.9. The van der Waals surface area contributed by atoms with Gasteiger partial charge in [0.25, 0.3) is 0 Å². The number of hydrogen-bond acceptors (Lipinski definition) is 5. The van der Waals surface area contributed by atoms with Crippen molar-refractivity contribution in [1.29, 1.82) is 0 Å². The Balaban J connectivity index is 0.00000210. The molecule has 6 nitrogen and oxygen atoms in total. The van der Waals surface area contributed by atoms with Gasteiger partial charge in [0, 0.05) is 42.0 Å². The Hall–Kier alpha value is -1.89. The molecule has 0 aliphatic heterocycles. The Morgan fingerprint density at radius 3 is 2.55 bits per heavy atom.